The summed E-state index contributed by atoms with van der Waals surface area (Å²) >= 11 is 0. The third-order valence-corrected chi connectivity index (χ3v) is 2.82. The summed E-state index contributed by atoms with van der Waals surface area (Å²) < 4.78 is 0. The minimum absolute atomic E-state index is 0.207. The molecule has 0 bridgehead atoms. The molecular weight excluding hydrogens is 204 g/mol. The van der Waals surface area contributed by atoms with Gasteiger partial charge in [0.15, 0.2) is 0 Å². The number of amides is 1. The summed E-state index contributed by atoms with van der Waals surface area (Å²) in [5.74, 6) is -0.263. The predicted octanol–water partition coefficient (Wildman–Crippen LogP) is -0.659. The Bertz CT molecular complexity index is 354. The molecule has 1 unspecified atom stereocenters. The molecule has 1 aromatic rings. The van der Waals surface area contributed by atoms with Crippen molar-refractivity contribution >= 4 is 5.91 Å². The number of carbonyl (C=O) groups is 1. The lowest BCUT2D eigenvalue weighted by molar-refractivity contribution is -0.124. The highest BCUT2D eigenvalue weighted by Crippen LogP contribution is 2.09. The number of aromatic nitrogens is 1. The van der Waals surface area contributed by atoms with E-state index in [1.54, 1.807) is 12.4 Å². The second-order valence-corrected chi connectivity index (χ2v) is 3.95. The van der Waals surface area contributed by atoms with Crippen molar-refractivity contribution < 1.29 is 4.79 Å². The van der Waals surface area contributed by atoms with Gasteiger partial charge in [-0.3, -0.25) is 14.7 Å². The number of hydrogen-bond donors (Lipinski definition) is 2. The summed E-state index contributed by atoms with van der Waals surface area (Å²) in [7, 11) is 0. The largest absolute Gasteiger partial charge is 0.368 e. The van der Waals surface area contributed by atoms with Crippen LogP contribution in [0.3, 0.4) is 0 Å². The summed E-state index contributed by atoms with van der Waals surface area (Å²) in [6.07, 6.45) is 3.52. The maximum absolute atomic E-state index is 11.3. The van der Waals surface area contributed by atoms with Gasteiger partial charge in [0.05, 0.1) is 0 Å². The van der Waals surface area contributed by atoms with Crippen LogP contribution in [0.1, 0.15) is 5.56 Å². The van der Waals surface area contributed by atoms with E-state index < -0.39 is 0 Å². The number of nitrogens with one attached hydrogen (secondary N) is 1. The van der Waals surface area contributed by atoms with Crippen LogP contribution >= 0.6 is 0 Å². The topological polar surface area (TPSA) is 71.2 Å². The van der Waals surface area contributed by atoms with Crippen LogP contribution in [0, 0.1) is 0 Å². The molecule has 2 rings (SSSR count). The molecule has 3 N–H and O–H groups in total. The van der Waals surface area contributed by atoms with E-state index in [-0.39, 0.29) is 11.9 Å². The van der Waals surface area contributed by atoms with Crippen LogP contribution in [0.15, 0.2) is 24.5 Å². The Kier molecular flexibility index (Phi) is 3.48. The fraction of sp³-hybridized carbons (Fsp3) is 0.455. The van der Waals surface area contributed by atoms with Gasteiger partial charge in [0.1, 0.15) is 6.04 Å². The van der Waals surface area contributed by atoms with Crippen LogP contribution in [0.2, 0.25) is 0 Å². The van der Waals surface area contributed by atoms with Gasteiger partial charge in [0, 0.05) is 38.6 Å². The summed E-state index contributed by atoms with van der Waals surface area (Å²) in [5, 5.41) is 3.18. The van der Waals surface area contributed by atoms with Crippen molar-refractivity contribution in [3.05, 3.63) is 30.1 Å². The number of nitrogens with two attached hydrogens (primary N) is 1. The first-order valence-corrected chi connectivity index (χ1v) is 5.40. The molecule has 0 aromatic carbocycles. The van der Waals surface area contributed by atoms with E-state index in [1.807, 2.05) is 12.1 Å². The van der Waals surface area contributed by atoms with Crippen molar-refractivity contribution in [1.82, 2.24) is 15.2 Å². The Morgan fingerprint density at radius 1 is 1.56 bits per heavy atom. The third kappa shape index (κ3) is 2.56. The van der Waals surface area contributed by atoms with E-state index in [9.17, 15) is 4.79 Å². The minimum atomic E-state index is -0.263. The van der Waals surface area contributed by atoms with Crippen molar-refractivity contribution in [2.75, 3.05) is 19.6 Å². The monoisotopic (exact) mass is 220 g/mol. The first-order valence-electron chi connectivity index (χ1n) is 5.40. The molecule has 0 aliphatic carbocycles. The van der Waals surface area contributed by atoms with E-state index in [2.05, 4.69) is 15.2 Å². The molecule has 16 heavy (non-hydrogen) atoms. The zero-order chi connectivity index (χ0) is 11.4. The molecular formula is C11H16N4O. The van der Waals surface area contributed by atoms with Crippen LogP contribution in [-0.4, -0.2) is 41.5 Å². The van der Waals surface area contributed by atoms with Gasteiger partial charge in [0.2, 0.25) is 5.91 Å². The maximum Gasteiger partial charge on any atom is 0.236 e. The van der Waals surface area contributed by atoms with Crippen molar-refractivity contribution in [3.8, 4) is 0 Å². The molecule has 1 aromatic heterocycles. The average Bonchev–Trinajstić information content (AvgIpc) is 2.31. The van der Waals surface area contributed by atoms with Gasteiger partial charge >= 0.3 is 0 Å². The van der Waals surface area contributed by atoms with Gasteiger partial charge in [0.25, 0.3) is 0 Å². The third-order valence-electron chi connectivity index (χ3n) is 2.82. The van der Waals surface area contributed by atoms with E-state index in [0.717, 1.165) is 25.2 Å². The van der Waals surface area contributed by atoms with Gasteiger partial charge in [-0.15, -0.1) is 0 Å². The summed E-state index contributed by atoms with van der Waals surface area (Å²) in [4.78, 5) is 17.4. The Hall–Kier alpha value is -1.46. The number of hydrogen-bond acceptors (Lipinski definition) is 4. The molecule has 0 spiro atoms. The number of rotatable bonds is 3. The first kappa shape index (κ1) is 11.0. The first-order chi connectivity index (χ1) is 7.77. The molecule has 0 radical (unpaired) electrons. The highest BCUT2D eigenvalue weighted by Gasteiger charge is 2.26. The zero-order valence-electron chi connectivity index (χ0n) is 9.10. The van der Waals surface area contributed by atoms with Crippen molar-refractivity contribution in [2.45, 2.75) is 12.6 Å². The van der Waals surface area contributed by atoms with Gasteiger partial charge in [-0.25, -0.2) is 0 Å². The fourth-order valence-electron chi connectivity index (χ4n) is 1.94. The molecule has 1 aliphatic rings. The number of primary amides is 1. The van der Waals surface area contributed by atoms with Gasteiger partial charge in [-0.2, -0.15) is 0 Å². The van der Waals surface area contributed by atoms with E-state index in [4.69, 9.17) is 5.73 Å². The Labute approximate surface area is 94.6 Å². The lowest BCUT2D eigenvalue weighted by atomic mass is 10.1. The lowest BCUT2D eigenvalue weighted by Crippen LogP contribution is -2.56. The molecule has 1 fully saturated rings. The summed E-state index contributed by atoms with van der Waals surface area (Å²) in [6, 6.07) is 3.71. The van der Waals surface area contributed by atoms with Gasteiger partial charge in [-0.1, -0.05) is 0 Å². The Morgan fingerprint density at radius 3 is 3.00 bits per heavy atom. The molecule has 1 amide bonds. The highest BCUT2D eigenvalue weighted by atomic mass is 16.1. The van der Waals surface area contributed by atoms with Crippen LogP contribution < -0.4 is 11.1 Å². The van der Waals surface area contributed by atoms with Gasteiger partial charge in [-0.05, 0) is 17.7 Å². The number of carbonyl (C=O) groups excluding carboxylic acids is 1. The molecule has 86 valence electrons. The van der Waals surface area contributed by atoms with Crippen LogP contribution in [0.5, 0.6) is 0 Å². The highest BCUT2D eigenvalue weighted by molar-refractivity contribution is 5.80. The van der Waals surface area contributed by atoms with E-state index in [0.29, 0.717) is 6.54 Å². The van der Waals surface area contributed by atoms with Crippen molar-refractivity contribution in [2.24, 2.45) is 5.73 Å². The number of pyridine rings is 1. The van der Waals surface area contributed by atoms with Crippen molar-refractivity contribution in [3.63, 3.8) is 0 Å². The Balaban J connectivity index is 2.04. The standard InChI is InChI=1S/C11H16N4O/c12-11(16)10-7-14-5-6-15(10)8-9-1-3-13-4-2-9/h1-4,10,14H,5-8H2,(H2,12,16). The average molecular weight is 220 g/mol. The molecule has 1 saturated heterocycles. The molecule has 1 aliphatic heterocycles. The molecule has 2 heterocycles. The predicted molar refractivity (Wildman–Crippen MR) is 60.5 cm³/mol. The van der Waals surface area contributed by atoms with Crippen molar-refractivity contribution in [1.29, 1.82) is 0 Å². The summed E-state index contributed by atoms with van der Waals surface area (Å²) in [5.41, 5.74) is 6.53. The van der Waals surface area contributed by atoms with E-state index >= 15 is 0 Å². The SMILES string of the molecule is NC(=O)C1CNCCN1Cc1ccncc1. The number of piperazine rings is 1. The minimum Gasteiger partial charge on any atom is -0.368 e. The fourth-order valence-corrected chi connectivity index (χ4v) is 1.94. The second kappa shape index (κ2) is 5.05. The zero-order valence-corrected chi connectivity index (χ0v) is 9.10. The quantitative estimate of drug-likeness (QED) is 0.709. The van der Waals surface area contributed by atoms with Crippen LogP contribution in [0.4, 0.5) is 0 Å². The van der Waals surface area contributed by atoms with Crippen LogP contribution in [-0.2, 0) is 11.3 Å². The maximum atomic E-state index is 11.3. The van der Waals surface area contributed by atoms with E-state index in [1.165, 1.54) is 0 Å². The summed E-state index contributed by atoms with van der Waals surface area (Å²) in [6.45, 7) is 3.13. The normalized spacial score (nSPS) is 21.9. The Morgan fingerprint density at radius 2 is 2.31 bits per heavy atom. The smallest absolute Gasteiger partial charge is 0.236 e. The second-order valence-electron chi connectivity index (χ2n) is 3.95. The molecule has 5 heteroatoms. The molecule has 5 nitrogen and oxygen atoms in total. The number of nitrogens with zero attached hydrogens (tertiary/aromatic N) is 2. The molecule has 1 atom stereocenters. The van der Waals surface area contributed by atoms with Crippen LogP contribution in [0.25, 0.3) is 0 Å². The molecule has 0 saturated carbocycles. The lowest BCUT2D eigenvalue weighted by Gasteiger charge is -2.34. The van der Waals surface area contributed by atoms with Gasteiger partial charge < -0.3 is 11.1 Å².